The molecule has 33 heavy (non-hydrogen) atoms. The van der Waals surface area contributed by atoms with E-state index in [-0.39, 0.29) is 11.3 Å². The second kappa shape index (κ2) is 8.37. The summed E-state index contributed by atoms with van der Waals surface area (Å²) in [6, 6.07) is 16.3. The SMILES string of the molecule is O=C1C(=O)N(c2cccc(Cl)c2)C(c2ccc(F)cc2)/C1=C(/O)c1ccc2c(c1)CCCO2. The molecule has 0 radical (unpaired) electrons. The number of aliphatic hydroxyl groups excluding tert-OH is 1. The molecule has 3 aromatic rings. The van der Waals surface area contributed by atoms with Gasteiger partial charge in [-0.1, -0.05) is 29.8 Å². The normalized spacial score (nSPS) is 19.3. The molecule has 166 valence electrons. The maximum absolute atomic E-state index is 13.6. The van der Waals surface area contributed by atoms with Gasteiger partial charge in [0.15, 0.2) is 0 Å². The number of aryl methyl sites for hydroxylation is 1. The minimum Gasteiger partial charge on any atom is -0.507 e. The molecule has 5 rings (SSSR count). The second-order valence-electron chi connectivity index (χ2n) is 7.98. The molecule has 5 nitrogen and oxygen atoms in total. The van der Waals surface area contributed by atoms with Crippen molar-refractivity contribution in [1.82, 2.24) is 0 Å². The van der Waals surface area contributed by atoms with E-state index in [4.69, 9.17) is 16.3 Å². The number of carbonyl (C=O) groups is 2. The van der Waals surface area contributed by atoms with Crippen molar-refractivity contribution in [2.75, 3.05) is 11.5 Å². The fourth-order valence-corrected chi connectivity index (χ4v) is 4.53. The number of ether oxygens (including phenoxy) is 1. The number of ketones is 1. The van der Waals surface area contributed by atoms with E-state index in [0.717, 1.165) is 24.2 Å². The first kappa shape index (κ1) is 21.2. The van der Waals surface area contributed by atoms with Crippen molar-refractivity contribution in [2.24, 2.45) is 0 Å². The zero-order valence-corrected chi connectivity index (χ0v) is 18.2. The third kappa shape index (κ3) is 3.76. The van der Waals surface area contributed by atoms with Gasteiger partial charge in [-0.2, -0.15) is 0 Å². The van der Waals surface area contributed by atoms with Crippen molar-refractivity contribution in [1.29, 1.82) is 0 Å². The molecule has 0 aliphatic carbocycles. The number of Topliss-reactive ketones (excluding diaryl/α,β-unsaturated/α-hetero) is 1. The number of halogens is 2. The minimum atomic E-state index is -0.948. The van der Waals surface area contributed by atoms with Crippen LogP contribution in [0, 0.1) is 5.82 Å². The Morgan fingerprint density at radius 3 is 2.61 bits per heavy atom. The smallest absolute Gasteiger partial charge is 0.300 e. The van der Waals surface area contributed by atoms with Crippen LogP contribution in [0.3, 0.4) is 0 Å². The molecule has 2 heterocycles. The van der Waals surface area contributed by atoms with E-state index in [9.17, 15) is 19.1 Å². The van der Waals surface area contributed by atoms with Gasteiger partial charge < -0.3 is 9.84 Å². The highest BCUT2D eigenvalue weighted by molar-refractivity contribution is 6.51. The Bertz CT molecular complexity index is 1300. The van der Waals surface area contributed by atoms with Crippen LogP contribution in [0.1, 0.15) is 29.2 Å². The Hall–Kier alpha value is -3.64. The first-order valence-corrected chi connectivity index (χ1v) is 10.9. The zero-order valence-electron chi connectivity index (χ0n) is 17.4. The van der Waals surface area contributed by atoms with Gasteiger partial charge in [0.2, 0.25) is 0 Å². The minimum absolute atomic E-state index is 0.0664. The third-order valence-electron chi connectivity index (χ3n) is 5.90. The number of hydrogen-bond acceptors (Lipinski definition) is 4. The fraction of sp³-hybridized carbons (Fsp3) is 0.154. The van der Waals surface area contributed by atoms with Crippen molar-refractivity contribution >= 4 is 34.7 Å². The van der Waals surface area contributed by atoms with Crippen LogP contribution >= 0.6 is 11.6 Å². The molecule has 2 aliphatic rings. The van der Waals surface area contributed by atoms with Gasteiger partial charge in [0.05, 0.1) is 18.2 Å². The summed E-state index contributed by atoms with van der Waals surface area (Å²) >= 11 is 6.14. The van der Waals surface area contributed by atoms with Crippen molar-refractivity contribution in [3.8, 4) is 5.75 Å². The highest BCUT2D eigenvalue weighted by Gasteiger charge is 2.47. The van der Waals surface area contributed by atoms with Gasteiger partial charge in [-0.15, -0.1) is 0 Å². The summed E-state index contributed by atoms with van der Waals surface area (Å²) in [7, 11) is 0. The molecule has 1 unspecified atom stereocenters. The molecule has 1 atom stereocenters. The topological polar surface area (TPSA) is 66.8 Å². The molecule has 1 N–H and O–H groups in total. The van der Waals surface area contributed by atoms with Crippen LogP contribution < -0.4 is 9.64 Å². The number of anilines is 1. The van der Waals surface area contributed by atoms with Crippen LogP contribution in [-0.2, 0) is 16.0 Å². The largest absolute Gasteiger partial charge is 0.507 e. The van der Waals surface area contributed by atoms with Gasteiger partial charge in [-0.05, 0) is 72.5 Å². The molecule has 0 saturated carbocycles. The van der Waals surface area contributed by atoms with E-state index in [1.807, 2.05) is 0 Å². The van der Waals surface area contributed by atoms with Crippen molar-refractivity contribution in [3.63, 3.8) is 0 Å². The Morgan fingerprint density at radius 2 is 1.85 bits per heavy atom. The van der Waals surface area contributed by atoms with Gasteiger partial charge in [0.25, 0.3) is 11.7 Å². The average molecular weight is 464 g/mol. The Labute approximate surface area is 194 Å². The van der Waals surface area contributed by atoms with Crippen molar-refractivity contribution < 1.29 is 23.8 Å². The highest BCUT2D eigenvalue weighted by atomic mass is 35.5. The molecule has 0 aromatic heterocycles. The zero-order chi connectivity index (χ0) is 23.1. The summed E-state index contributed by atoms with van der Waals surface area (Å²) in [6.07, 6.45) is 1.64. The predicted octanol–water partition coefficient (Wildman–Crippen LogP) is 5.43. The van der Waals surface area contributed by atoms with Crippen LogP contribution in [-0.4, -0.2) is 23.4 Å². The Balaban J connectivity index is 1.69. The number of nitrogens with zero attached hydrogens (tertiary/aromatic N) is 1. The van der Waals surface area contributed by atoms with Gasteiger partial charge in [0.1, 0.15) is 17.3 Å². The van der Waals surface area contributed by atoms with E-state index >= 15 is 0 Å². The van der Waals surface area contributed by atoms with E-state index in [0.29, 0.717) is 28.4 Å². The number of amides is 1. The molecule has 1 fully saturated rings. The van der Waals surface area contributed by atoms with Gasteiger partial charge in [-0.25, -0.2) is 4.39 Å². The number of benzene rings is 3. The first-order valence-electron chi connectivity index (χ1n) is 10.5. The van der Waals surface area contributed by atoms with E-state index in [1.54, 1.807) is 42.5 Å². The van der Waals surface area contributed by atoms with Crippen molar-refractivity contribution in [3.05, 3.63) is 99.8 Å². The number of aliphatic hydroxyl groups is 1. The summed E-state index contributed by atoms with van der Waals surface area (Å²) in [5, 5.41) is 11.6. The predicted molar refractivity (Wildman–Crippen MR) is 123 cm³/mol. The lowest BCUT2D eigenvalue weighted by Gasteiger charge is -2.25. The number of fused-ring (bicyclic) bond motifs is 1. The molecule has 2 aliphatic heterocycles. The van der Waals surface area contributed by atoms with Crippen LogP contribution in [0.5, 0.6) is 5.75 Å². The fourth-order valence-electron chi connectivity index (χ4n) is 4.35. The quantitative estimate of drug-likeness (QED) is 0.319. The van der Waals surface area contributed by atoms with Crippen LogP contribution in [0.25, 0.3) is 5.76 Å². The maximum Gasteiger partial charge on any atom is 0.300 e. The molecule has 1 saturated heterocycles. The molecular formula is C26H19ClFNO4. The van der Waals surface area contributed by atoms with E-state index in [2.05, 4.69) is 0 Å². The van der Waals surface area contributed by atoms with Gasteiger partial charge in [-0.3, -0.25) is 14.5 Å². The number of rotatable bonds is 3. The van der Waals surface area contributed by atoms with Crippen LogP contribution in [0.15, 0.2) is 72.3 Å². The number of hydrogen-bond donors (Lipinski definition) is 1. The molecule has 0 spiro atoms. The first-order chi connectivity index (χ1) is 15.9. The molecule has 0 bridgehead atoms. The van der Waals surface area contributed by atoms with Crippen LogP contribution in [0.4, 0.5) is 10.1 Å². The summed E-state index contributed by atoms with van der Waals surface area (Å²) in [5.74, 6) is -1.62. The molecule has 3 aromatic carbocycles. The summed E-state index contributed by atoms with van der Waals surface area (Å²) in [6.45, 7) is 0.633. The Kier molecular flexibility index (Phi) is 5.38. The number of carbonyl (C=O) groups excluding carboxylic acids is 2. The lowest BCUT2D eigenvalue weighted by molar-refractivity contribution is -0.132. The third-order valence-corrected chi connectivity index (χ3v) is 6.13. The summed E-state index contributed by atoms with van der Waals surface area (Å²) in [4.78, 5) is 27.6. The molecular weight excluding hydrogens is 445 g/mol. The maximum atomic E-state index is 13.6. The summed E-state index contributed by atoms with van der Waals surface area (Å²) < 4.78 is 19.3. The van der Waals surface area contributed by atoms with E-state index < -0.39 is 23.5 Å². The molecule has 7 heteroatoms. The van der Waals surface area contributed by atoms with Gasteiger partial charge in [0, 0.05) is 16.3 Å². The van der Waals surface area contributed by atoms with Crippen molar-refractivity contribution in [2.45, 2.75) is 18.9 Å². The molecule has 1 amide bonds. The van der Waals surface area contributed by atoms with Crippen LogP contribution in [0.2, 0.25) is 5.02 Å². The monoisotopic (exact) mass is 463 g/mol. The second-order valence-corrected chi connectivity index (χ2v) is 8.41. The average Bonchev–Trinajstić information content (AvgIpc) is 3.09. The lowest BCUT2D eigenvalue weighted by atomic mass is 9.94. The van der Waals surface area contributed by atoms with Gasteiger partial charge >= 0.3 is 0 Å². The van der Waals surface area contributed by atoms with E-state index in [1.165, 1.54) is 29.2 Å². The summed E-state index contributed by atoms with van der Waals surface area (Å²) in [5.41, 5.74) is 2.15. The lowest BCUT2D eigenvalue weighted by Crippen LogP contribution is -2.29. The standard InChI is InChI=1S/C26H19ClFNO4/c27-18-4-1-5-20(14-18)29-23(15-6-9-19(28)10-7-15)22(25(31)26(29)32)24(30)17-8-11-21-16(13-17)3-2-12-33-21/h1,4-11,13-14,23,30H,2-3,12H2/b24-22-. The highest BCUT2D eigenvalue weighted by Crippen LogP contribution is 2.43. The Morgan fingerprint density at radius 1 is 1.06 bits per heavy atom.